The van der Waals surface area contributed by atoms with Gasteiger partial charge in [0.2, 0.25) is 0 Å². The van der Waals surface area contributed by atoms with Crippen LogP contribution in [0.15, 0.2) is 24.4 Å². The molecule has 1 aromatic rings. The molecule has 0 spiro atoms. The Bertz CT molecular complexity index is 329. The SMILES string of the molecule is CC(C)N1CCC(O)(c2ccccn2)CC1. The Morgan fingerprint density at radius 3 is 2.50 bits per heavy atom. The van der Waals surface area contributed by atoms with Crippen LogP contribution in [0.1, 0.15) is 32.4 Å². The van der Waals surface area contributed by atoms with Crippen molar-refractivity contribution in [3.05, 3.63) is 30.1 Å². The first-order valence-corrected chi connectivity index (χ1v) is 6.00. The average molecular weight is 220 g/mol. The second-order valence-corrected chi connectivity index (χ2v) is 4.88. The minimum absolute atomic E-state index is 0.563. The van der Waals surface area contributed by atoms with Crippen molar-refractivity contribution in [2.75, 3.05) is 13.1 Å². The lowest BCUT2D eigenvalue weighted by atomic mass is 9.87. The van der Waals surface area contributed by atoms with E-state index in [-0.39, 0.29) is 0 Å². The van der Waals surface area contributed by atoms with Crippen molar-refractivity contribution in [3.8, 4) is 0 Å². The minimum Gasteiger partial charge on any atom is -0.383 e. The van der Waals surface area contributed by atoms with Crippen LogP contribution < -0.4 is 0 Å². The predicted molar refractivity (Wildman–Crippen MR) is 64.1 cm³/mol. The monoisotopic (exact) mass is 220 g/mol. The van der Waals surface area contributed by atoms with E-state index < -0.39 is 5.60 Å². The largest absolute Gasteiger partial charge is 0.383 e. The number of pyridine rings is 1. The molecular formula is C13H20N2O. The van der Waals surface area contributed by atoms with Crippen molar-refractivity contribution < 1.29 is 5.11 Å². The summed E-state index contributed by atoms with van der Waals surface area (Å²) in [5.74, 6) is 0. The summed E-state index contributed by atoms with van der Waals surface area (Å²) < 4.78 is 0. The molecule has 1 aliphatic heterocycles. The number of aromatic nitrogens is 1. The highest BCUT2D eigenvalue weighted by molar-refractivity contribution is 5.14. The van der Waals surface area contributed by atoms with Crippen LogP contribution >= 0.6 is 0 Å². The molecule has 0 aliphatic carbocycles. The summed E-state index contributed by atoms with van der Waals surface area (Å²) >= 11 is 0. The molecule has 0 radical (unpaired) electrons. The molecule has 0 bridgehead atoms. The van der Waals surface area contributed by atoms with Gasteiger partial charge in [-0.15, -0.1) is 0 Å². The van der Waals surface area contributed by atoms with Gasteiger partial charge in [-0.2, -0.15) is 0 Å². The van der Waals surface area contributed by atoms with E-state index in [1.54, 1.807) is 6.20 Å². The van der Waals surface area contributed by atoms with Gasteiger partial charge in [-0.3, -0.25) is 4.98 Å². The number of nitrogens with zero attached hydrogens (tertiary/aromatic N) is 2. The lowest BCUT2D eigenvalue weighted by molar-refractivity contribution is -0.0356. The molecule has 0 aromatic carbocycles. The first-order valence-electron chi connectivity index (χ1n) is 6.00. The fraction of sp³-hybridized carbons (Fsp3) is 0.615. The van der Waals surface area contributed by atoms with Crippen molar-refractivity contribution in [1.82, 2.24) is 9.88 Å². The maximum Gasteiger partial charge on any atom is 0.109 e. The van der Waals surface area contributed by atoms with Crippen LogP contribution in [-0.4, -0.2) is 34.1 Å². The molecule has 0 saturated carbocycles. The van der Waals surface area contributed by atoms with Gasteiger partial charge in [0.05, 0.1) is 5.69 Å². The van der Waals surface area contributed by atoms with Gasteiger partial charge in [0.25, 0.3) is 0 Å². The molecule has 2 rings (SSSR count). The smallest absolute Gasteiger partial charge is 0.109 e. The van der Waals surface area contributed by atoms with Crippen LogP contribution in [0, 0.1) is 0 Å². The molecule has 1 fully saturated rings. The number of hydrogen-bond acceptors (Lipinski definition) is 3. The number of piperidine rings is 1. The van der Waals surface area contributed by atoms with Crippen LogP contribution in [-0.2, 0) is 5.60 Å². The van der Waals surface area contributed by atoms with E-state index >= 15 is 0 Å². The van der Waals surface area contributed by atoms with Crippen LogP contribution in [0.4, 0.5) is 0 Å². The summed E-state index contributed by atoms with van der Waals surface area (Å²) in [7, 11) is 0. The molecule has 88 valence electrons. The predicted octanol–water partition coefficient (Wildman–Crippen LogP) is 1.77. The van der Waals surface area contributed by atoms with Gasteiger partial charge < -0.3 is 10.0 Å². The van der Waals surface area contributed by atoms with Crippen molar-refractivity contribution in [2.24, 2.45) is 0 Å². The zero-order valence-corrected chi connectivity index (χ0v) is 10.1. The van der Waals surface area contributed by atoms with E-state index in [2.05, 4.69) is 23.7 Å². The van der Waals surface area contributed by atoms with Crippen molar-refractivity contribution in [3.63, 3.8) is 0 Å². The highest BCUT2D eigenvalue weighted by Crippen LogP contribution is 2.31. The lowest BCUT2D eigenvalue weighted by Crippen LogP contribution is -2.45. The Balaban J connectivity index is 2.07. The number of hydrogen-bond donors (Lipinski definition) is 1. The van der Waals surface area contributed by atoms with Crippen LogP contribution in [0.3, 0.4) is 0 Å². The molecule has 3 nitrogen and oxygen atoms in total. The van der Waals surface area contributed by atoms with Crippen LogP contribution in [0.2, 0.25) is 0 Å². The van der Waals surface area contributed by atoms with Gasteiger partial charge in [-0.1, -0.05) is 6.07 Å². The first-order chi connectivity index (χ1) is 7.62. The summed E-state index contributed by atoms with van der Waals surface area (Å²) in [5.41, 5.74) is 0.102. The number of aliphatic hydroxyl groups is 1. The first kappa shape index (κ1) is 11.6. The molecule has 1 aliphatic rings. The summed E-state index contributed by atoms with van der Waals surface area (Å²) in [4.78, 5) is 6.68. The third kappa shape index (κ3) is 2.25. The van der Waals surface area contributed by atoms with E-state index in [0.29, 0.717) is 6.04 Å². The minimum atomic E-state index is -0.716. The normalized spacial score (nSPS) is 21.2. The Morgan fingerprint density at radius 1 is 1.31 bits per heavy atom. The highest BCUT2D eigenvalue weighted by atomic mass is 16.3. The Kier molecular flexibility index (Phi) is 3.26. The number of likely N-dealkylation sites (tertiary alicyclic amines) is 1. The van der Waals surface area contributed by atoms with E-state index in [0.717, 1.165) is 31.6 Å². The van der Waals surface area contributed by atoms with Crippen molar-refractivity contribution in [2.45, 2.75) is 38.3 Å². The van der Waals surface area contributed by atoms with Gasteiger partial charge in [0, 0.05) is 25.3 Å². The molecule has 1 aromatic heterocycles. The Morgan fingerprint density at radius 2 is 2.00 bits per heavy atom. The average Bonchev–Trinajstić information content (AvgIpc) is 2.31. The van der Waals surface area contributed by atoms with Crippen molar-refractivity contribution in [1.29, 1.82) is 0 Å². The quantitative estimate of drug-likeness (QED) is 0.825. The maximum absolute atomic E-state index is 10.6. The third-order valence-corrected chi connectivity index (χ3v) is 3.50. The van der Waals surface area contributed by atoms with E-state index in [1.165, 1.54) is 0 Å². The summed E-state index contributed by atoms with van der Waals surface area (Å²) in [5, 5.41) is 10.6. The fourth-order valence-corrected chi connectivity index (χ4v) is 2.30. The van der Waals surface area contributed by atoms with Gasteiger partial charge >= 0.3 is 0 Å². The molecule has 0 amide bonds. The molecule has 16 heavy (non-hydrogen) atoms. The maximum atomic E-state index is 10.6. The van der Waals surface area contributed by atoms with E-state index in [1.807, 2.05) is 18.2 Å². The Labute approximate surface area is 97.1 Å². The van der Waals surface area contributed by atoms with Gasteiger partial charge in [0.1, 0.15) is 5.60 Å². The third-order valence-electron chi connectivity index (χ3n) is 3.50. The van der Waals surface area contributed by atoms with Crippen LogP contribution in [0.5, 0.6) is 0 Å². The fourth-order valence-electron chi connectivity index (χ4n) is 2.30. The molecular weight excluding hydrogens is 200 g/mol. The second kappa shape index (κ2) is 4.52. The molecule has 1 saturated heterocycles. The summed E-state index contributed by atoms with van der Waals surface area (Å²) in [6, 6.07) is 6.31. The summed E-state index contributed by atoms with van der Waals surface area (Å²) in [6.07, 6.45) is 3.31. The zero-order valence-electron chi connectivity index (χ0n) is 10.1. The second-order valence-electron chi connectivity index (χ2n) is 4.88. The summed E-state index contributed by atoms with van der Waals surface area (Å²) in [6.45, 7) is 6.30. The molecule has 0 atom stereocenters. The topological polar surface area (TPSA) is 36.4 Å². The van der Waals surface area contributed by atoms with Gasteiger partial charge in [-0.25, -0.2) is 0 Å². The van der Waals surface area contributed by atoms with Gasteiger partial charge in [-0.05, 0) is 38.8 Å². The molecule has 3 heteroatoms. The number of rotatable bonds is 2. The Hall–Kier alpha value is -0.930. The molecule has 0 unspecified atom stereocenters. The van der Waals surface area contributed by atoms with Gasteiger partial charge in [0.15, 0.2) is 0 Å². The molecule has 1 N–H and O–H groups in total. The zero-order chi connectivity index (χ0) is 11.6. The van der Waals surface area contributed by atoms with Crippen LogP contribution in [0.25, 0.3) is 0 Å². The lowest BCUT2D eigenvalue weighted by Gasteiger charge is -2.39. The highest BCUT2D eigenvalue weighted by Gasteiger charge is 2.35. The van der Waals surface area contributed by atoms with E-state index in [9.17, 15) is 5.11 Å². The molecule has 2 heterocycles. The standard InChI is InChI=1S/C13H20N2O/c1-11(2)15-9-6-13(16,7-10-15)12-5-3-4-8-14-12/h3-5,8,11,16H,6-7,9-10H2,1-2H3. The van der Waals surface area contributed by atoms with Crippen molar-refractivity contribution >= 4 is 0 Å². The van der Waals surface area contributed by atoms with E-state index in [4.69, 9.17) is 0 Å².